The number of aliphatic hydroxyl groups is 1. The van der Waals surface area contributed by atoms with E-state index in [9.17, 15) is 13.5 Å². The van der Waals surface area contributed by atoms with E-state index < -0.39 is 10.0 Å². The van der Waals surface area contributed by atoms with Crippen molar-refractivity contribution in [2.24, 2.45) is 13.0 Å². The fourth-order valence-electron chi connectivity index (χ4n) is 2.75. The van der Waals surface area contributed by atoms with Crippen LogP contribution in [0, 0.1) is 5.92 Å². The van der Waals surface area contributed by atoms with Crippen LogP contribution >= 0.6 is 0 Å². The second-order valence-corrected chi connectivity index (χ2v) is 7.43. The average Bonchev–Trinajstić information content (AvgIpc) is 2.90. The third-order valence-corrected chi connectivity index (χ3v) is 5.34. The molecule has 22 heavy (non-hydrogen) atoms. The van der Waals surface area contributed by atoms with Gasteiger partial charge in [-0.05, 0) is 24.3 Å². The summed E-state index contributed by atoms with van der Waals surface area (Å²) in [6.07, 6.45) is 3.80. The van der Waals surface area contributed by atoms with E-state index in [-0.39, 0.29) is 23.1 Å². The lowest BCUT2D eigenvalue weighted by molar-refractivity contribution is 0.0280. The van der Waals surface area contributed by atoms with Gasteiger partial charge in [0.25, 0.3) is 10.0 Å². The fraction of sp³-hybridized carbons (Fsp3) is 0.400. The van der Waals surface area contributed by atoms with Crippen molar-refractivity contribution in [3.8, 4) is 0 Å². The molecule has 7 heteroatoms. The van der Waals surface area contributed by atoms with Crippen LogP contribution in [0.5, 0.6) is 0 Å². The summed E-state index contributed by atoms with van der Waals surface area (Å²) in [7, 11) is -1.96. The highest BCUT2D eigenvalue weighted by Crippen LogP contribution is 2.38. The maximum atomic E-state index is 12.5. The fourth-order valence-corrected chi connectivity index (χ4v) is 4.03. The smallest absolute Gasteiger partial charge is 0.260 e. The zero-order chi connectivity index (χ0) is 15.7. The van der Waals surface area contributed by atoms with Gasteiger partial charge in [-0.1, -0.05) is 30.3 Å². The van der Waals surface area contributed by atoms with Crippen molar-refractivity contribution in [1.82, 2.24) is 14.3 Å². The number of nitrogens with one attached hydrogen (secondary N) is 1. The highest BCUT2D eigenvalue weighted by Gasteiger charge is 2.37. The van der Waals surface area contributed by atoms with E-state index in [0.717, 1.165) is 5.56 Å². The first-order valence-electron chi connectivity index (χ1n) is 7.19. The molecule has 1 aliphatic rings. The highest BCUT2D eigenvalue weighted by molar-refractivity contribution is 7.89. The third-order valence-electron chi connectivity index (χ3n) is 4.02. The molecule has 0 spiro atoms. The highest BCUT2D eigenvalue weighted by atomic mass is 32.2. The summed E-state index contributed by atoms with van der Waals surface area (Å²) in [6, 6.07) is 9.10. The number of hydrogen-bond acceptors (Lipinski definition) is 4. The first kappa shape index (κ1) is 15.2. The molecule has 1 aliphatic carbocycles. The molecule has 1 atom stereocenters. The van der Waals surface area contributed by atoms with Gasteiger partial charge in [-0.15, -0.1) is 0 Å². The Morgan fingerprint density at radius 1 is 1.32 bits per heavy atom. The predicted molar refractivity (Wildman–Crippen MR) is 81.4 cm³/mol. The molecule has 2 aromatic rings. The molecular formula is C15H19N3O3S. The SMILES string of the molecule is Cn1cnc(S(=O)(=O)NC(c2ccccc2)C2CC(O)C2)c1. The quantitative estimate of drug-likeness (QED) is 0.867. The largest absolute Gasteiger partial charge is 0.393 e. The van der Waals surface area contributed by atoms with Crippen LogP contribution in [-0.2, 0) is 17.1 Å². The molecule has 0 bridgehead atoms. The lowest BCUT2D eigenvalue weighted by atomic mass is 9.75. The first-order chi connectivity index (χ1) is 10.5. The molecule has 1 heterocycles. The van der Waals surface area contributed by atoms with Crippen molar-refractivity contribution in [1.29, 1.82) is 0 Å². The van der Waals surface area contributed by atoms with Crippen LogP contribution in [0.3, 0.4) is 0 Å². The van der Waals surface area contributed by atoms with Crippen molar-refractivity contribution >= 4 is 10.0 Å². The minimum atomic E-state index is -3.69. The normalized spacial score (nSPS) is 23.0. The molecule has 2 N–H and O–H groups in total. The topological polar surface area (TPSA) is 84.2 Å². The number of benzene rings is 1. The summed E-state index contributed by atoms with van der Waals surface area (Å²) in [5.74, 6) is 0.0934. The number of hydrogen-bond donors (Lipinski definition) is 2. The van der Waals surface area contributed by atoms with Gasteiger partial charge < -0.3 is 9.67 Å². The molecule has 1 fully saturated rings. The minimum Gasteiger partial charge on any atom is -0.393 e. The van der Waals surface area contributed by atoms with Crippen LogP contribution in [0.2, 0.25) is 0 Å². The molecule has 1 aromatic carbocycles. The van der Waals surface area contributed by atoms with Gasteiger partial charge in [0.05, 0.1) is 18.5 Å². The Kier molecular flexibility index (Phi) is 4.03. The summed E-state index contributed by atoms with van der Waals surface area (Å²) in [6.45, 7) is 0. The monoisotopic (exact) mass is 321 g/mol. The Morgan fingerprint density at radius 2 is 2.00 bits per heavy atom. The average molecular weight is 321 g/mol. The van der Waals surface area contributed by atoms with E-state index in [1.807, 2.05) is 30.3 Å². The summed E-state index contributed by atoms with van der Waals surface area (Å²) in [5.41, 5.74) is 0.902. The van der Waals surface area contributed by atoms with Gasteiger partial charge in [0, 0.05) is 13.2 Å². The zero-order valence-electron chi connectivity index (χ0n) is 12.3. The number of rotatable bonds is 5. The van der Waals surface area contributed by atoms with E-state index in [4.69, 9.17) is 0 Å². The molecule has 0 amide bonds. The number of nitrogens with zero attached hydrogens (tertiary/aromatic N) is 2. The zero-order valence-corrected chi connectivity index (χ0v) is 13.1. The lowest BCUT2D eigenvalue weighted by Crippen LogP contribution is -2.41. The molecule has 6 nitrogen and oxygen atoms in total. The Balaban J connectivity index is 1.87. The van der Waals surface area contributed by atoms with Gasteiger partial charge in [-0.25, -0.2) is 18.1 Å². The summed E-state index contributed by atoms with van der Waals surface area (Å²) < 4.78 is 29.4. The first-order valence-corrected chi connectivity index (χ1v) is 8.67. The van der Waals surface area contributed by atoms with Gasteiger partial charge in [-0.3, -0.25) is 0 Å². The predicted octanol–water partition coefficient (Wildman–Crippen LogP) is 1.21. The molecule has 1 unspecified atom stereocenters. The van der Waals surface area contributed by atoms with Gasteiger partial charge in [0.2, 0.25) is 0 Å². The third kappa shape index (κ3) is 3.06. The standard InChI is InChI=1S/C15H19N3O3S/c1-18-9-14(16-10-18)22(20,21)17-15(12-7-13(19)8-12)11-5-3-2-4-6-11/h2-6,9-10,12-13,15,17,19H,7-8H2,1H3. The maximum Gasteiger partial charge on any atom is 0.260 e. The molecule has 1 aromatic heterocycles. The van der Waals surface area contributed by atoms with Crippen LogP contribution in [-0.4, -0.2) is 29.2 Å². The minimum absolute atomic E-state index is 0.0100. The van der Waals surface area contributed by atoms with Gasteiger partial charge in [-0.2, -0.15) is 0 Å². The van der Waals surface area contributed by atoms with Crippen molar-refractivity contribution in [3.05, 3.63) is 48.4 Å². The van der Waals surface area contributed by atoms with Gasteiger partial charge in [0.1, 0.15) is 0 Å². The van der Waals surface area contributed by atoms with Crippen molar-refractivity contribution < 1.29 is 13.5 Å². The molecule has 118 valence electrons. The number of imidazole rings is 1. The molecular weight excluding hydrogens is 302 g/mol. The molecule has 1 saturated carbocycles. The van der Waals surface area contributed by atoms with E-state index >= 15 is 0 Å². The van der Waals surface area contributed by atoms with Crippen LogP contribution in [0.4, 0.5) is 0 Å². The van der Waals surface area contributed by atoms with E-state index in [2.05, 4.69) is 9.71 Å². The Labute approximate surface area is 129 Å². The lowest BCUT2D eigenvalue weighted by Gasteiger charge is -2.38. The van der Waals surface area contributed by atoms with Crippen LogP contribution in [0.1, 0.15) is 24.4 Å². The Bertz CT molecular complexity index is 736. The Morgan fingerprint density at radius 3 is 2.55 bits per heavy atom. The van der Waals surface area contributed by atoms with Crippen LogP contribution in [0.15, 0.2) is 47.9 Å². The second-order valence-electron chi connectivity index (χ2n) is 5.77. The number of aryl methyl sites for hydroxylation is 1. The molecule has 0 aliphatic heterocycles. The molecule has 0 radical (unpaired) electrons. The van der Waals surface area contributed by atoms with E-state index in [0.29, 0.717) is 12.8 Å². The maximum absolute atomic E-state index is 12.5. The van der Waals surface area contributed by atoms with Crippen molar-refractivity contribution in [2.75, 3.05) is 0 Å². The van der Waals surface area contributed by atoms with E-state index in [1.54, 1.807) is 11.6 Å². The summed E-state index contributed by atoms with van der Waals surface area (Å²) >= 11 is 0. The van der Waals surface area contributed by atoms with Crippen molar-refractivity contribution in [2.45, 2.75) is 30.0 Å². The van der Waals surface area contributed by atoms with Crippen molar-refractivity contribution in [3.63, 3.8) is 0 Å². The Hall–Kier alpha value is -1.70. The number of aromatic nitrogens is 2. The van der Waals surface area contributed by atoms with Gasteiger partial charge in [0.15, 0.2) is 5.03 Å². The second kappa shape index (κ2) is 5.83. The molecule has 3 rings (SSSR count). The van der Waals surface area contributed by atoms with Crippen LogP contribution in [0.25, 0.3) is 0 Å². The summed E-state index contributed by atoms with van der Waals surface area (Å²) in [5, 5.41) is 9.55. The number of aliphatic hydroxyl groups excluding tert-OH is 1. The number of sulfonamides is 1. The van der Waals surface area contributed by atoms with Crippen LogP contribution < -0.4 is 4.72 Å². The molecule has 0 saturated heterocycles. The van der Waals surface area contributed by atoms with Gasteiger partial charge >= 0.3 is 0 Å². The van der Waals surface area contributed by atoms with E-state index in [1.165, 1.54) is 12.5 Å². The summed E-state index contributed by atoms with van der Waals surface area (Å²) in [4.78, 5) is 3.92.